The molecule has 1 aromatic rings. The quantitative estimate of drug-likeness (QED) is 0.824. The summed E-state index contributed by atoms with van der Waals surface area (Å²) >= 11 is 0. The van der Waals surface area contributed by atoms with Crippen molar-refractivity contribution in [2.24, 2.45) is 11.3 Å². The number of rotatable bonds is 5. The lowest BCUT2D eigenvalue weighted by molar-refractivity contribution is 0.122. The van der Waals surface area contributed by atoms with Crippen LogP contribution in [0.3, 0.4) is 0 Å². The molecular weight excluding hydrogens is 238 g/mol. The van der Waals surface area contributed by atoms with Crippen molar-refractivity contribution >= 4 is 0 Å². The van der Waals surface area contributed by atoms with Crippen LogP contribution in [-0.4, -0.2) is 7.11 Å². The number of methoxy groups -OCH3 is 1. The highest BCUT2D eigenvalue weighted by Crippen LogP contribution is 2.37. The lowest BCUT2D eigenvalue weighted by Crippen LogP contribution is -2.25. The van der Waals surface area contributed by atoms with E-state index in [-0.39, 0.29) is 10.8 Å². The Morgan fingerprint density at radius 3 is 2.21 bits per heavy atom. The van der Waals surface area contributed by atoms with Gasteiger partial charge in [-0.2, -0.15) is 0 Å². The maximum Gasteiger partial charge on any atom is 0.124 e. The van der Waals surface area contributed by atoms with Gasteiger partial charge in [0.25, 0.3) is 0 Å². The molecule has 0 fully saturated rings. The normalized spacial score (nSPS) is 12.6. The predicted octanol–water partition coefficient (Wildman–Crippen LogP) is 3.80. The lowest BCUT2D eigenvalue weighted by atomic mass is 9.72. The fraction of sp³-hybridized carbons (Fsp3) is 0.625. The van der Waals surface area contributed by atoms with Gasteiger partial charge in [0.05, 0.1) is 13.7 Å². The van der Waals surface area contributed by atoms with Crippen LogP contribution in [-0.2, 0) is 16.9 Å². The van der Waals surface area contributed by atoms with Gasteiger partial charge < -0.3 is 4.74 Å². The first-order chi connectivity index (χ1) is 8.69. The summed E-state index contributed by atoms with van der Waals surface area (Å²) in [5.74, 6) is 6.01. The Hall–Kier alpha value is -1.06. The molecule has 1 rings (SSSR count). The average Bonchev–Trinajstić information content (AvgIpc) is 2.26. The van der Waals surface area contributed by atoms with E-state index in [1.807, 2.05) is 6.07 Å². The molecule has 3 nitrogen and oxygen atoms in total. The van der Waals surface area contributed by atoms with Crippen LogP contribution in [0.5, 0.6) is 5.75 Å². The van der Waals surface area contributed by atoms with Crippen molar-refractivity contribution < 1.29 is 9.57 Å². The predicted molar refractivity (Wildman–Crippen MR) is 79.1 cm³/mol. The highest BCUT2D eigenvalue weighted by atomic mass is 16.6. The zero-order valence-corrected chi connectivity index (χ0v) is 13.0. The zero-order valence-electron chi connectivity index (χ0n) is 13.0. The molecule has 0 saturated heterocycles. The van der Waals surface area contributed by atoms with Crippen molar-refractivity contribution in [3.8, 4) is 5.75 Å². The summed E-state index contributed by atoms with van der Waals surface area (Å²) in [4.78, 5) is 4.76. The van der Waals surface area contributed by atoms with Crippen LogP contribution in [0.4, 0.5) is 0 Å². The van der Waals surface area contributed by atoms with Crippen LogP contribution in [0.2, 0.25) is 0 Å². The molecule has 0 unspecified atom stereocenters. The number of hydrogen-bond donors (Lipinski definition) is 1. The molecule has 0 aliphatic rings. The van der Waals surface area contributed by atoms with Gasteiger partial charge in [0, 0.05) is 5.56 Å². The monoisotopic (exact) mass is 265 g/mol. The van der Waals surface area contributed by atoms with Crippen LogP contribution in [0.25, 0.3) is 0 Å². The molecule has 3 heteroatoms. The third-order valence-corrected chi connectivity index (χ3v) is 3.27. The van der Waals surface area contributed by atoms with E-state index in [1.165, 1.54) is 5.56 Å². The third-order valence-electron chi connectivity index (χ3n) is 3.27. The summed E-state index contributed by atoms with van der Waals surface area (Å²) in [6, 6.07) is 6.26. The van der Waals surface area contributed by atoms with Crippen molar-refractivity contribution in [3.63, 3.8) is 0 Å². The molecule has 0 heterocycles. The van der Waals surface area contributed by atoms with E-state index in [1.54, 1.807) is 7.11 Å². The van der Waals surface area contributed by atoms with Gasteiger partial charge in [-0.05, 0) is 34.9 Å². The topological polar surface area (TPSA) is 44.5 Å². The second kappa shape index (κ2) is 5.93. The molecule has 0 amide bonds. The Labute approximate surface area is 117 Å². The van der Waals surface area contributed by atoms with Gasteiger partial charge in [-0.25, -0.2) is 5.90 Å². The lowest BCUT2D eigenvalue weighted by Gasteiger charge is -2.33. The summed E-state index contributed by atoms with van der Waals surface area (Å²) < 4.78 is 5.33. The molecule has 0 spiro atoms. The number of hydrogen-bond acceptors (Lipinski definition) is 3. The number of nitrogens with two attached hydrogens (primary N) is 1. The molecule has 0 saturated carbocycles. The van der Waals surface area contributed by atoms with Crippen molar-refractivity contribution in [2.75, 3.05) is 7.11 Å². The van der Waals surface area contributed by atoms with Crippen LogP contribution in [0, 0.1) is 5.41 Å². The second-order valence-corrected chi connectivity index (χ2v) is 6.96. The summed E-state index contributed by atoms with van der Waals surface area (Å²) in [6.45, 7) is 11.7. The van der Waals surface area contributed by atoms with E-state index in [4.69, 9.17) is 15.5 Å². The average molecular weight is 265 g/mol. The Bertz CT molecular complexity index is 419. The van der Waals surface area contributed by atoms with Crippen molar-refractivity contribution in [2.45, 2.75) is 53.1 Å². The maximum absolute atomic E-state index is 5.33. The second-order valence-electron chi connectivity index (χ2n) is 6.96. The minimum atomic E-state index is 0.105. The smallest absolute Gasteiger partial charge is 0.124 e. The van der Waals surface area contributed by atoms with Gasteiger partial charge in [0.1, 0.15) is 5.75 Å². The highest BCUT2D eigenvalue weighted by Gasteiger charge is 2.27. The van der Waals surface area contributed by atoms with E-state index >= 15 is 0 Å². The first kappa shape index (κ1) is 16.0. The van der Waals surface area contributed by atoms with E-state index in [0.29, 0.717) is 6.61 Å². The van der Waals surface area contributed by atoms with E-state index < -0.39 is 0 Å². The van der Waals surface area contributed by atoms with Crippen LogP contribution < -0.4 is 10.6 Å². The molecule has 0 atom stereocenters. The summed E-state index contributed by atoms with van der Waals surface area (Å²) in [5, 5.41) is 0. The van der Waals surface area contributed by atoms with Gasteiger partial charge in [-0.1, -0.05) is 40.7 Å². The summed E-state index contributed by atoms with van der Waals surface area (Å²) in [5.41, 5.74) is 2.67. The Balaban J connectivity index is 3.09. The van der Waals surface area contributed by atoms with Crippen molar-refractivity contribution in [3.05, 3.63) is 29.3 Å². The molecule has 0 aromatic heterocycles. The standard InChI is InChI=1S/C16H27NO2/c1-15(2,3)11-16(4,5)13-7-8-14(18-6)12(9-13)10-19-17/h7-9H,10-11,17H2,1-6H3. The van der Waals surface area contributed by atoms with Gasteiger partial charge in [0.2, 0.25) is 0 Å². The third kappa shape index (κ3) is 4.51. The molecule has 1 aromatic carbocycles. The summed E-state index contributed by atoms with van der Waals surface area (Å²) in [6.07, 6.45) is 1.11. The number of benzene rings is 1. The van der Waals surface area contributed by atoms with Gasteiger partial charge >= 0.3 is 0 Å². The zero-order chi connectivity index (χ0) is 14.7. The molecule has 0 aliphatic heterocycles. The Morgan fingerprint density at radius 1 is 1.11 bits per heavy atom. The molecule has 0 radical (unpaired) electrons. The van der Waals surface area contributed by atoms with Gasteiger partial charge in [-0.3, -0.25) is 4.84 Å². The van der Waals surface area contributed by atoms with E-state index in [9.17, 15) is 0 Å². The summed E-state index contributed by atoms with van der Waals surface area (Å²) in [7, 11) is 1.66. The minimum Gasteiger partial charge on any atom is -0.496 e. The van der Waals surface area contributed by atoms with Crippen LogP contribution in [0.1, 0.15) is 52.2 Å². The fourth-order valence-corrected chi connectivity index (χ4v) is 2.83. The fourth-order valence-electron chi connectivity index (χ4n) is 2.83. The molecule has 0 aliphatic carbocycles. The van der Waals surface area contributed by atoms with Crippen LogP contribution in [0.15, 0.2) is 18.2 Å². The molecule has 0 bridgehead atoms. The van der Waals surface area contributed by atoms with Crippen LogP contribution >= 0.6 is 0 Å². The first-order valence-corrected chi connectivity index (χ1v) is 6.69. The first-order valence-electron chi connectivity index (χ1n) is 6.69. The van der Waals surface area contributed by atoms with E-state index in [2.05, 4.69) is 46.8 Å². The largest absolute Gasteiger partial charge is 0.496 e. The Kier molecular flexibility index (Phi) is 4.99. The molecule has 19 heavy (non-hydrogen) atoms. The minimum absolute atomic E-state index is 0.105. The SMILES string of the molecule is COc1ccc(C(C)(C)CC(C)(C)C)cc1CON. The van der Waals surface area contributed by atoms with Crippen molar-refractivity contribution in [1.82, 2.24) is 0 Å². The Morgan fingerprint density at radius 2 is 1.74 bits per heavy atom. The number of ether oxygens (including phenoxy) is 1. The van der Waals surface area contributed by atoms with Crippen molar-refractivity contribution in [1.29, 1.82) is 0 Å². The molecule has 108 valence electrons. The van der Waals surface area contributed by atoms with Gasteiger partial charge in [0.15, 0.2) is 0 Å². The highest BCUT2D eigenvalue weighted by molar-refractivity contribution is 5.39. The molecular formula is C16H27NO2. The van der Waals surface area contributed by atoms with E-state index in [0.717, 1.165) is 17.7 Å². The maximum atomic E-state index is 5.33. The molecule has 2 N–H and O–H groups in total. The van der Waals surface area contributed by atoms with Gasteiger partial charge in [-0.15, -0.1) is 0 Å².